The van der Waals surface area contributed by atoms with Gasteiger partial charge in [-0.05, 0) is 18.2 Å². The average molecular weight is 287 g/mol. The minimum Gasteiger partial charge on any atom is -0.370 e. The number of rotatable bonds is 2. The van der Waals surface area contributed by atoms with Crippen LogP contribution in [0, 0.1) is 10.1 Å². The Hall–Kier alpha value is -1.47. The standard InChI is InChI=1S/C9H7BrN2O4/c10-5-1-2-7-6(3-5)9(14,4-12(15)16)8(13)11-7/h1-3,14H,4H2,(H,11,13)/t9-/m1/s1. The zero-order chi connectivity index (χ0) is 11.9. The number of aliphatic hydroxyl groups is 1. The molecule has 0 fully saturated rings. The van der Waals surface area contributed by atoms with Crippen molar-refractivity contribution in [2.75, 3.05) is 11.9 Å². The Morgan fingerprint density at radius 3 is 2.88 bits per heavy atom. The highest BCUT2D eigenvalue weighted by Gasteiger charge is 2.49. The predicted octanol–water partition coefficient (Wildman–Crippen LogP) is 0.865. The molecule has 0 bridgehead atoms. The van der Waals surface area contributed by atoms with Crippen LogP contribution in [-0.2, 0) is 10.4 Å². The van der Waals surface area contributed by atoms with Crippen molar-refractivity contribution in [3.63, 3.8) is 0 Å². The van der Waals surface area contributed by atoms with E-state index in [1.165, 1.54) is 6.07 Å². The molecule has 16 heavy (non-hydrogen) atoms. The number of hydrogen-bond donors (Lipinski definition) is 2. The zero-order valence-corrected chi connectivity index (χ0v) is 9.52. The fourth-order valence-electron chi connectivity index (χ4n) is 1.66. The Balaban J connectivity index is 2.53. The molecule has 0 radical (unpaired) electrons. The highest BCUT2D eigenvalue weighted by Crippen LogP contribution is 2.37. The summed E-state index contributed by atoms with van der Waals surface area (Å²) in [4.78, 5) is 21.3. The number of nitro groups is 1. The summed E-state index contributed by atoms with van der Waals surface area (Å²) in [6, 6.07) is 4.75. The zero-order valence-electron chi connectivity index (χ0n) is 7.94. The lowest BCUT2D eigenvalue weighted by atomic mass is 9.96. The Morgan fingerprint density at radius 1 is 1.56 bits per heavy atom. The topological polar surface area (TPSA) is 92.5 Å². The van der Waals surface area contributed by atoms with Crippen molar-refractivity contribution in [2.45, 2.75) is 5.60 Å². The molecule has 1 aliphatic heterocycles. The highest BCUT2D eigenvalue weighted by molar-refractivity contribution is 9.10. The quantitative estimate of drug-likeness (QED) is 0.623. The molecule has 2 rings (SSSR count). The Bertz CT molecular complexity index is 490. The van der Waals surface area contributed by atoms with Gasteiger partial charge in [0.1, 0.15) is 0 Å². The third-order valence-corrected chi connectivity index (χ3v) is 2.90. The second-order valence-electron chi connectivity index (χ2n) is 3.50. The molecule has 1 heterocycles. The van der Waals surface area contributed by atoms with Crippen molar-refractivity contribution >= 4 is 27.5 Å². The van der Waals surface area contributed by atoms with Crippen LogP contribution in [0.4, 0.5) is 5.69 Å². The van der Waals surface area contributed by atoms with E-state index in [-0.39, 0.29) is 5.56 Å². The largest absolute Gasteiger partial charge is 0.370 e. The summed E-state index contributed by atoms with van der Waals surface area (Å²) in [6.45, 7) is -0.845. The molecule has 1 amide bonds. The average Bonchev–Trinajstić information content (AvgIpc) is 2.40. The van der Waals surface area contributed by atoms with Crippen LogP contribution in [0.5, 0.6) is 0 Å². The number of nitrogens with one attached hydrogen (secondary N) is 1. The molecule has 1 aromatic rings. The summed E-state index contributed by atoms with van der Waals surface area (Å²) in [6.07, 6.45) is 0. The van der Waals surface area contributed by atoms with E-state index in [2.05, 4.69) is 21.2 Å². The van der Waals surface area contributed by atoms with Crippen LogP contribution in [0.3, 0.4) is 0 Å². The maximum atomic E-state index is 11.5. The van der Waals surface area contributed by atoms with E-state index >= 15 is 0 Å². The molecular formula is C9H7BrN2O4. The highest BCUT2D eigenvalue weighted by atomic mass is 79.9. The second kappa shape index (κ2) is 3.53. The number of carbonyl (C=O) groups excluding carboxylic acids is 1. The van der Waals surface area contributed by atoms with Gasteiger partial charge in [0.2, 0.25) is 12.1 Å². The van der Waals surface area contributed by atoms with Crippen molar-refractivity contribution < 1.29 is 14.8 Å². The summed E-state index contributed by atoms with van der Waals surface area (Å²) in [5.41, 5.74) is -1.45. The molecule has 7 heteroatoms. The lowest BCUT2D eigenvalue weighted by Crippen LogP contribution is -2.40. The Labute approximate surface area is 98.5 Å². The van der Waals surface area contributed by atoms with Crippen molar-refractivity contribution in [3.8, 4) is 0 Å². The van der Waals surface area contributed by atoms with Gasteiger partial charge in [0.15, 0.2) is 0 Å². The molecule has 0 saturated carbocycles. The monoisotopic (exact) mass is 286 g/mol. The molecule has 0 aliphatic carbocycles. The fraction of sp³-hybridized carbons (Fsp3) is 0.222. The molecule has 2 N–H and O–H groups in total. The first-order valence-electron chi connectivity index (χ1n) is 4.39. The van der Waals surface area contributed by atoms with Gasteiger partial charge in [0, 0.05) is 20.6 Å². The summed E-state index contributed by atoms with van der Waals surface area (Å²) < 4.78 is 0.643. The number of carbonyl (C=O) groups is 1. The number of anilines is 1. The molecule has 84 valence electrons. The lowest BCUT2D eigenvalue weighted by molar-refractivity contribution is -0.498. The third kappa shape index (κ3) is 1.57. The van der Waals surface area contributed by atoms with Gasteiger partial charge in [-0.1, -0.05) is 15.9 Å². The van der Waals surface area contributed by atoms with Gasteiger partial charge in [-0.25, -0.2) is 0 Å². The smallest absolute Gasteiger partial charge is 0.268 e. The maximum absolute atomic E-state index is 11.5. The van der Waals surface area contributed by atoms with Crippen LogP contribution >= 0.6 is 15.9 Å². The fourth-order valence-corrected chi connectivity index (χ4v) is 2.02. The van der Waals surface area contributed by atoms with Crippen LogP contribution in [0.25, 0.3) is 0 Å². The molecule has 1 atom stereocenters. The molecule has 0 aromatic heterocycles. The van der Waals surface area contributed by atoms with Gasteiger partial charge in [-0.15, -0.1) is 0 Å². The number of fused-ring (bicyclic) bond motifs is 1. The maximum Gasteiger partial charge on any atom is 0.268 e. The van der Waals surface area contributed by atoms with Gasteiger partial charge < -0.3 is 10.4 Å². The minimum absolute atomic E-state index is 0.226. The van der Waals surface area contributed by atoms with E-state index in [0.29, 0.717) is 10.2 Å². The van der Waals surface area contributed by atoms with Gasteiger partial charge in [0.25, 0.3) is 5.91 Å². The van der Waals surface area contributed by atoms with Crippen LogP contribution in [0.1, 0.15) is 5.56 Å². The first-order valence-corrected chi connectivity index (χ1v) is 5.18. The summed E-state index contributed by atoms with van der Waals surface area (Å²) in [5, 5.41) is 22.9. The first-order chi connectivity index (χ1) is 7.43. The van der Waals surface area contributed by atoms with Crippen LogP contribution in [0.15, 0.2) is 22.7 Å². The van der Waals surface area contributed by atoms with E-state index in [9.17, 15) is 20.0 Å². The Morgan fingerprint density at radius 2 is 2.25 bits per heavy atom. The summed E-state index contributed by atoms with van der Waals surface area (Å²) in [7, 11) is 0. The number of amides is 1. The van der Waals surface area contributed by atoms with Crippen LogP contribution in [0.2, 0.25) is 0 Å². The minimum atomic E-state index is -2.08. The van der Waals surface area contributed by atoms with Gasteiger partial charge in [0.05, 0.1) is 0 Å². The Kier molecular flexibility index (Phi) is 2.43. The van der Waals surface area contributed by atoms with Crippen molar-refractivity contribution in [2.24, 2.45) is 0 Å². The van der Waals surface area contributed by atoms with E-state index in [0.717, 1.165) is 0 Å². The third-order valence-electron chi connectivity index (χ3n) is 2.41. The van der Waals surface area contributed by atoms with Gasteiger partial charge in [-0.2, -0.15) is 0 Å². The SMILES string of the molecule is O=C1Nc2ccc(Br)cc2[C@]1(O)C[N+](=O)[O-]. The van der Waals surface area contributed by atoms with Crippen LogP contribution < -0.4 is 5.32 Å². The molecule has 0 unspecified atom stereocenters. The van der Waals surface area contributed by atoms with Crippen LogP contribution in [-0.4, -0.2) is 22.5 Å². The summed E-state index contributed by atoms with van der Waals surface area (Å²) >= 11 is 3.18. The number of nitrogens with zero attached hydrogens (tertiary/aromatic N) is 1. The molecule has 0 spiro atoms. The van der Waals surface area contributed by atoms with Gasteiger partial charge in [-0.3, -0.25) is 14.9 Å². The van der Waals surface area contributed by atoms with Crippen molar-refractivity contribution in [1.82, 2.24) is 0 Å². The number of halogens is 1. The van der Waals surface area contributed by atoms with E-state index in [1.807, 2.05) is 0 Å². The first kappa shape index (κ1) is 11.0. The molecule has 1 aromatic carbocycles. The van der Waals surface area contributed by atoms with Gasteiger partial charge >= 0.3 is 0 Å². The number of benzene rings is 1. The molecule has 0 saturated heterocycles. The second-order valence-corrected chi connectivity index (χ2v) is 4.41. The lowest BCUT2D eigenvalue weighted by Gasteiger charge is -2.15. The van der Waals surface area contributed by atoms with E-state index in [1.54, 1.807) is 12.1 Å². The summed E-state index contributed by atoms with van der Waals surface area (Å²) in [5.74, 6) is -0.766. The molecule has 1 aliphatic rings. The molecule has 6 nitrogen and oxygen atoms in total. The predicted molar refractivity (Wildman–Crippen MR) is 58.5 cm³/mol. The number of hydrogen-bond acceptors (Lipinski definition) is 4. The van der Waals surface area contributed by atoms with Crippen molar-refractivity contribution in [1.29, 1.82) is 0 Å². The molecular weight excluding hydrogens is 280 g/mol. The van der Waals surface area contributed by atoms with E-state index in [4.69, 9.17) is 0 Å². The van der Waals surface area contributed by atoms with Crippen molar-refractivity contribution in [3.05, 3.63) is 38.3 Å². The van der Waals surface area contributed by atoms with E-state index < -0.39 is 23.0 Å². The normalized spacial score (nSPS) is 22.8.